The Kier molecular flexibility index (Phi) is 8.07. The van der Waals surface area contributed by atoms with Crippen molar-refractivity contribution in [3.05, 3.63) is 83.3 Å². The van der Waals surface area contributed by atoms with Crippen LogP contribution in [0.3, 0.4) is 0 Å². The van der Waals surface area contributed by atoms with Crippen LogP contribution < -0.4 is 10.2 Å². The largest absolute Gasteiger partial charge is 0.360 e. The van der Waals surface area contributed by atoms with Gasteiger partial charge in [-0.15, -0.1) is 0 Å². The molecule has 33 heavy (non-hydrogen) atoms. The van der Waals surface area contributed by atoms with Gasteiger partial charge in [-0.3, -0.25) is 9.69 Å². The molecule has 2 heterocycles. The van der Waals surface area contributed by atoms with Gasteiger partial charge in [0.15, 0.2) is 0 Å². The maximum atomic E-state index is 13.1. The van der Waals surface area contributed by atoms with Crippen molar-refractivity contribution < 1.29 is 9.18 Å². The number of aromatic nitrogens is 1. The Morgan fingerprint density at radius 3 is 2.52 bits per heavy atom. The number of benzene rings is 2. The number of rotatable bonds is 9. The number of nitrogens with zero attached hydrogens (tertiary/aromatic N) is 3. The minimum Gasteiger partial charge on any atom is -0.360 e. The highest BCUT2D eigenvalue weighted by atomic mass is 32.1. The van der Waals surface area contributed by atoms with Gasteiger partial charge in [-0.05, 0) is 47.3 Å². The van der Waals surface area contributed by atoms with Crippen molar-refractivity contribution in [1.29, 1.82) is 0 Å². The summed E-state index contributed by atoms with van der Waals surface area (Å²) in [5.41, 5.74) is 3.17. The first-order chi connectivity index (χ1) is 16.1. The molecular formula is C26H31FN4OS. The topological polar surface area (TPSA) is 48.5 Å². The number of amides is 1. The molecule has 4 rings (SSSR count). The molecule has 1 aromatic heterocycles. The number of hydrogen-bond acceptors (Lipinski definition) is 5. The van der Waals surface area contributed by atoms with Crippen LogP contribution in [-0.2, 0) is 11.2 Å². The van der Waals surface area contributed by atoms with Gasteiger partial charge in [0.1, 0.15) is 10.8 Å². The number of hydrogen-bond donors (Lipinski definition) is 1. The normalized spacial score (nSPS) is 15.4. The second-order valence-electron chi connectivity index (χ2n) is 8.45. The maximum absolute atomic E-state index is 13.1. The van der Waals surface area contributed by atoms with E-state index in [0.29, 0.717) is 6.54 Å². The second kappa shape index (κ2) is 11.4. The van der Waals surface area contributed by atoms with Gasteiger partial charge in [0, 0.05) is 45.7 Å². The van der Waals surface area contributed by atoms with Crippen LogP contribution in [0.25, 0.3) is 0 Å². The molecule has 5 nitrogen and oxygen atoms in total. The van der Waals surface area contributed by atoms with Gasteiger partial charge in [0.2, 0.25) is 5.91 Å². The van der Waals surface area contributed by atoms with Crippen molar-refractivity contribution >= 4 is 22.4 Å². The van der Waals surface area contributed by atoms with Gasteiger partial charge in [-0.2, -0.15) is 4.37 Å². The van der Waals surface area contributed by atoms with Crippen molar-refractivity contribution in [3.8, 4) is 0 Å². The fourth-order valence-corrected chi connectivity index (χ4v) is 5.07. The summed E-state index contributed by atoms with van der Waals surface area (Å²) in [5, 5.41) is 4.32. The van der Waals surface area contributed by atoms with Crippen LogP contribution in [0.15, 0.2) is 60.7 Å². The highest BCUT2D eigenvalue weighted by Gasteiger charge is 2.21. The van der Waals surface area contributed by atoms with E-state index in [1.54, 1.807) is 0 Å². The Labute approximate surface area is 199 Å². The summed E-state index contributed by atoms with van der Waals surface area (Å²) < 4.78 is 17.7. The molecule has 1 atom stereocenters. The van der Waals surface area contributed by atoms with E-state index in [9.17, 15) is 9.18 Å². The summed E-state index contributed by atoms with van der Waals surface area (Å²) in [5.74, 6) is -0.185. The van der Waals surface area contributed by atoms with Crippen LogP contribution >= 0.6 is 11.5 Å². The molecule has 0 radical (unpaired) electrons. The molecule has 0 bridgehead atoms. The maximum Gasteiger partial charge on any atom is 0.227 e. The van der Waals surface area contributed by atoms with Crippen molar-refractivity contribution in [2.75, 3.05) is 44.2 Å². The van der Waals surface area contributed by atoms with Crippen LogP contribution in [0, 0.1) is 5.82 Å². The predicted molar refractivity (Wildman–Crippen MR) is 132 cm³/mol. The Hall–Kier alpha value is -2.77. The summed E-state index contributed by atoms with van der Waals surface area (Å²) >= 11 is 1.53. The predicted octanol–water partition coefficient (Wildman–Crippen LogP) is 4.31. The monoisotopic (exact) mass is 466 g/mol. The molecule has 0 spiro atoms. The number of carbonyl (C=O) groups is 1. The van der Waals surface area contributed by atoms with E-state index < -0.39 is 0 Å². The lowest BCUT2D eigenvalue weighted by Crippen LogP contribution is -2.48. The average Bonchev–Trinajstić information content (AvgIpc) is 3.31. The van der Waals surface area contributed by atoms with Crippen molar-refractivity contribution in [2.45, 2.75) is 25.7 Å². The Morgan fingerprint density at radius 1 is 1.09 bits per heavy atom. The molecule has 1 N–H and O–H groups in total. The van der Waals surface area contributed by atoms with E-state index in [4.69, 9.17) is 0 Å². The first kappa shape index (κ1) is 23.4. The molecule has 1 aliphatic heterocycles. The van der Waals surface area contributed by atoms with E-state index >= 15 is 0 Å². The SMILES string of the molecule is CCC(C(=O)NCCN1CCN(c2cc(Cc3ccc(F)cc3)ns2)CC1)c1ccccc1. The van der Waals surface area contributed by atoms with Gasteiger partial charge in [0.25, 0.3) is 0 Å². The van der Waals surface area contributed by atoms with Crippen LogP contribution in [0.4, 0.5) is 9.39 Å². The average molecular weight is 467 g/mol. The zero-order valence-corrected chi connectivity index (χ0v) is 19.9. The highest BCUT2D eigenvalue weighted by molar-refractivity contribution is 7.10. The summed E-state index contributed by atoms with van der Waals surface area (Å²) in [6, 6.07) is 18.8. The number of piperazine rings is 1. The summed E-state index contributed by atoms with van der Waals surface area (Å²) in [7, 11) is 0. The molecular weight excluding hydrogens is 435 g/mol. The van der Waals surface area contributed by atoms with Gasteiger partial charge in [-0.1, -0.05) is 49.4 Å². The van der Waals surface area contributed by atoms with Crippen LogP contribution in [0.5, 0.6) is 0 Å². The third-order valence-electron chi connectivity index (χ3n) is 6.18. The molecule has 1 saturated heterocycles. The molecule has 2 aromatic carbocycles. The quantitative estimate of drug-likeness (QED) is 0.511. The molecule has 1 aliphatic rings. The Bertz CT molecular complexity index is 1020. The molecule has 3 aromatic rings. The van der Waals surface area contributed by atoms with Gasteiger partial charge in [-0.25, -0.2) is 4.39 Å². The Balaban J connectivity index is 1.20. The second-order valence-corrected chi connectivity index (χ2v) is 9.23. The van der Waals surface area contributed by atoms with E-state index in [-0.39, 0.29) is 17.6 Å². The van der Waals surface area contributed by atoms with E-state index in [1.807, 2.05) is 42.5 Å². The lowest BCUT2D eigenvalue weighted by atomic mass is 9.96. The number of carbonyl (C=O) groups excluding carboxylic acids is 1. The lowest BCUT2D eigenvalue weighted by molar-refractivity contribution is -0.122. The third kappa shape index (κ3) is 6.39. The molecule has 174 valence electrons. The van der Waals surface area contributed by atoms with Crippen molar-refractivity contribution in [3.63, 3.8) is 0 Å². The Morgan fingerprint density at radius 2 is 1.82 bits per heavy atom. The minimum absolute atomic E-state index is 0.0847. The first-order valence-electron chi connectivity index (χ1n) is 11.6. The number of halogens is 1. The molecule has 1 amide bonds. The lowest BCUT2D eigenvalue weighted by Gasteiger charge is -2.35. The molecule has 1 unspecified atom stereocenters. The number of anilines is 1. The number of nitrogens with one attached hydrogen (secondary N) is 1. The van der Waals surface area contributed by atoms with Gasteiger partial charge < -0.3 is 10.2 Å². The minimum atomic E-state index is -0.212. The standard InChI is InChI=1S/C26H31FN4OS/c1-2-24(21-6-4-3-5-7-21)26(32)28-12-13-30-14-16-31(17-15-30)25-19-23(29-33-25)18-20-8-10-22(27)11-9-20/h3-11,19,24H,2,12-18H2,1H3,(H,28,32). The van der Waals surface area contributed by atoms with Crippen LogP contribution in [0.1, 0.15) is 36.1 Å². The van der Waals surface area contributed by atoms with Crippen LogP contribution in [0.2, 0.25) is 0 Å². The van der Waals surface area contributed by atoms with Crippen LogP contribution in [-0.4, -0.2) is 54.4 Å². The van der Waals surface area contributed by atoms with E-state index in [0.717, 1.165) is 62.4 Å². The molecule has 1 fully saturated rings. The fourth-order valence-electron chi connectivity index (χ4n) is 4.25. The van der Waals surface area contributed by atoms with Crippen molar-refractivity contribution in [1.82, 2.24) is 14.6 Å². The zero-order valence-electron chi connectivity index (χ0n) is 19.0. The fraction of sp³-hybridized carbons (Fsp3) is 0.385. The summed E-state index contributed by atoms with van der Waals surface area (Å²) in [4.78, 5) is 17.4. The summed E-state index contributed by atoms with van der Waals surface area (Å²) in [6.07, 6.45) is 1.52. The van der Waals surface area contributed by atoms with Gasteiger partial charge in [0.05, 0.1) is 11.6 Å². The van der Waals surface area contributed by atoms with E-state index in [1.165, 1.54) is 28.7 Å². The highest BCUT2D eigenvalue weighted by Crippen LogP contribution is 2.24. The van der Waals surface area contributed by atoms with Gasteiger partial charge >= 0.3 is 0 Å². The smallest absolute Gasteiger partial charge is 0.227 e. The molecule has 0 saturated carbocycles. The van der Waals surface area contributed by atoms with E-state index in [2.05, 4.69) is 32.5 Å². The summed E-state index contributed by atoms with van der Waals surface area (Å²) in [6.45, 7) is 7.43. The third-order valence-corrected chi connectivity index (χ3v) is 7.07. The molecule has 7 heteroatoms. The first-order valence-corrected chi connectivity index (χ1v) is 12.4. The van der Waals surface area contributed by atoms with Crippen molar-refractivity contribution in [2.24, 2.45) is 0 Å². The zero-order chi connectivity index (χ0) is 23.0. The molecule has 0 aliphatic carbocycles.